The van der Waals surface area contributed by atoms with E-state index in [1.165, 1.54) is 0 Å². The van der Waals surface area contributed by atoms with E-state index < -0.39 is 0 Å². The number of benzene rings is 1. The van der Waals surface area contributed by atoms with Crippen LogP contribution in [-0.2, 0) is 17.8 Å². The maximum Gasteiger partial charge on any atom is 0.258 e. The Morgan fingerprint density at radius 3 is 2.67 bits per heavy atom. The molecule has 0 saturated carbocycles. The fourth-order valence-corrected chi connectivity index (χ4v) is 2.09. The first-order valence-corrected chi connectivity index (χ1v) is 7.09. The van der Waals surface area contributed by atoms with Gasteiger partial charge in [0.15, 0.2) is 6.61 Å². The van der Waals surface area contributed by atoms with Gasteiger partial charge in [0.05, 0.1) is 17.9 Å². The number of aromatic nitrogens is 2. The lowest BCUT2D eigenvalue weighted by Gasteiger charge is -2.11. The van der Waals surface area contributed by atoms with Gasteiger partial charge in [0, 0.05) is 0 Å². The molecule has 21 heavy (non-hydrogen) atoms. The number of carbonyl (C=O) groups excluding carboxylic acids is 1. The van der Waals surface area contributed by atoms with Crippen LogP contribution in [-0.4, -0.2) is 22.7 Å². The number of hydrogen-bond donors (Lipinski definition) is 2. The van der Waals surface area contributed by atoms with Gasteiger partial charge in [0.25, 0.3) is 5.91 Å². The maximum atomic E-state index is 11.8. The highest BCUT2D eigenvalue weighted by molar-refractivity contribution is 5.77. The second-order valence-corrected chi connectivity index (χ2v) is 5.02. The Labute approximate surface area is 124 Å². The molecule has 0 spiro atoms. The molecule has 0 bridgehead atoms. The highest BCUT2D eigenvalue weighted by Gasteiger charge is 2.07. The van der Waals surface area contributed by atoms with Gasteiger partial charge in [-0.2, -0.15) is 5.10 Å². The minimum atomic E-state index is -0.148. The second-order valence-electron chi connectivity index (χ2n) is 5.02. The molecule has 0 fully saturated rings. The molecular formula is C16H21N3O2. The fourth-order valence-electron chi connectivity index (χ4n) is 2.09. The summed E-state index contributed by atoms with van der Waals surface area (Å²) >= 11 is 0. The molecule has 0 unspecified atom stereocenters. The summed E-state index contributed by atoms with van der Waals surface area (Å²) in [6.45, 7) is 6.42. The third-order valence-electron chi connectivity index (χ3n) is 3.28. The number of nitrogens with zero attached hydrogens (tertiary/aromatic N) is 1. The Hall–Kier alpha value is -2.30. The highest BCUT2D eigenvalue weighted by Crippen LogP contribution is 2.21. The zero-order chi connectivity index (χ0) is 15.2. The number of ether oxygens (including phenoxy) is 1. The van der Waals surface area contributed by atoms with E-state index in [0.717, 1.165) is 34.7 Å². The van der Waals surface area contributed by atoms with E-state index in [1.807, 2.05) is 45.0 Å². The molecule has 0 aliphatic rings. The lowest BCUT2D eigenvalue weighted by atomic mass is 10.1. The van der Waals surface area contributed by atoms with Crippen LogP contribution in [0, 0.1) is 13.8 Å². The van der Waals surface area contributed by atoms with Crippen molar-refractivity contribution in [1.82, 2.24) is 15.5 Å². The van der Waals surface area contributed by atoms with Gasteiger partial charge in [-0.3, -0.25) is 9.89 Å². The standard InChI is InChI=1S/C16H21N3O2/c1-4-13-8-14(19-18-13)9-17-15(20)10-21-16-11(2)6-5-7-12(16)3/h5-8H,4,9-10H2,1-3H3,(H,17,20)(H,18,19). The van der Waals surface area contributed by atoms with Gasteiger partial charge < -0.3 is 10.1 Å². The predicted octanol–water partition coefficient (Wildman–Crippen LogP) is 2.28. The molecule has 2 N–H and O–H groups in total. The van der Waals surface area contributed by atoms with E-state index >= 15 is 0 Å². The average molecular weight is 287 g/mol. The largest absolute Gasteiger partial charge is 0.483 e. The molecule has 0 aliphatic carbocycles. The first kappa shape index (κ1) is 15.1. The van der Waals surface area contributed by atoms with Gasteiger partial charge in [0.2, 0.25) is 0 Å². The van der Waals surface area contributed by atoms with Crippen LogP contribution >= 0.6 is 0 Å². The number of hydrogen-bond acceptors (Lipinski definition) is 3. The van der Waals surface area contributed by atoms with Crippen LogP contribution in [0.5, 0.6) is 5.75 Å². The molecular weight excluding hydrogens is 266 g/mol. The van der Waals surface area contributed by atoms with Gasteiger partial charge in [-0.1, -0.05) is 25.1 Å². The van der Waals surface area contributed by atoms with Crippen molar-refractivity contribution in [3.8, 4) is 5.75 Å². The SMILES string of the molecule is CCc1cc(CNC(=O)COc2c(C)cccc2C)[nH]n1. The van der Waals surface area contributed by atoms with Crippen LogP contribution in [0.25, 0.3) is 0 Å². The van der Waals surface area contributed by atoms with E-state index in [0.29, 0.717) is 6.54 Å². The van der Waals surface area contributed by atoms with Crippen molar-refractivity contribution in [2.24, 2.45) is 0 Å². The van der Waals surface area contributed by atoms with Crippen LogP contribution < -0.4 is 10.1 Å². The van der Waals surface area contributed by atoms with Crippen LogP contribution in [0.4, 0.5) is 0 Å². The topological polar surface area (TPSA) is 67.0 Å². The van der Waals surface area contributed by atoms with Crippen molar-refractivity contribution in [3.63, 3.8) is 0 Å². The van der Waals surface area contributed by atoms with Gasteiger partial charge in [0.1, 0.15) is 5.75 Å². The molecule has 0 aliphatic heterocycles. The summed E-state index contributed by atoms with van der Waals surface area (Å²) in [5.41, 5.74) is 3.95. The van der Waals surface area contributed by atoms with Gasteiger partial charge in [-0.15, -0.1) is 0 Å². The zero-order valence-corrected chi connectivity index (χ0v) is 12.7. The quantitative estimate of drug-likeness (QED) is 0.856. The smallest absolute Gasteiger partial charge is 0.258 e. The Morgan fingerprint density at radius 1 is 1.33 bits per heavy atom. The van der Waals surface area contributed by atoms with Crippen LogP contribution in [0.3, 0.4) is 0 Å². The number of rotatable bonds is 6. The number of para-hydroxylation sites is 1. The number of nitrogens with one attached hydrogen (secondary N) is 2. The molecule has 1 amide bonds. The van der Waals surface area contributed by atoms with E-state index in [-0.39, 0.29) is 12.5 Å². The Kier molecular flexibility index (Phi) is 4.98. The number of amides is 1. The summed E-state index contributed by atoms with van der Waals surface area (Å²) in [6, 6.07) is 7.86. The third-order valence-corrected chi connectivity index (χ3v) is 3.28. The van der Waals surface area contributed by atoms with Crippen LogP contribution in [0.15, 0.2) is 24.3 Å². The molecule has 0 atom stereocenters. The summed E-state index contributed by atoms with van der Waals surface area (Å²) < 4.78 is 5.61. The van der Waals surface area contributed by atoms with Crippen molar-refractivity contribution < 1.29 is 9.53 Å². The Bertz CT molecular complexity index is 599. The Balaban J connectivity index is 1.82. The van der Waals surface area contributed by atoms with Crippen molar-refractivity contribution in [2.45, 2.75) is 33.7 Å². The summed E-state index contributed by atoms with van der Waals surface area (Å²) in [7, 11) is 0. The number of carbonyl (C=O) groups is 1. The van der Waals surface area contributed by atoms with E-state index in [2.05, 4.69) is 15.5 Å². The zero-order valence-electron chi connectivity index (χ0n) is 12.7. The first-order valence-electron chi connectivity index (χ1n) is 7.09. The molecule has 2 aromatic rings. The summed E-state index contributed by atoms with van der Waals surface area (Å²) in [5, 5.41) is 9.83. The number of aromatic amines is 1. The average Bonchev–Trinajstić information content (AvgIpc) is 2.92. The molecule has 5 heteroatoms. The van der Waals surface area contributed by atoms with Crippen LogP contribution in [0.1, 0.15) is 29.4 Å². The van der Waals surface area contributed by atoms with Crippen LogP contribution in [0.2, 0.25) is 0 Å². The van der Waals surface area contributed by atoms with Crippen molar-refractivity contribution in [3.05, 3.63) is 46.8 Å². The summed E-state index contributed by atoms with van der Waals surface area (Å²) in [4.78, 5) is 11.8. The molecule has 0 radical (unpaired) electrons. The fraction of sp³-hybridized carbons (Fsp3) is 0.375. The van der Waals surface area contributed by atoms with Crippen molar-refractivity contribution in [2.75, 3.05) is 6.61 Å². The minimum Gasteiger partial charge on any atom is -0.483 e. The second kappa shape index (κ2) is 6.92. The molecule has 1 aromatic carbocycles. The molecule has 1 heterocycles. The number of H-pyrrole nitrogens is 1. The third kappa shape index (κ3) is 4.08. The minimum absolute atomic E-state index is 0.0144. The van der Waals surface area contributed by atoms with Gasteiger partial charge >= 0.3 is 0 Å². The van der Waals surface area contributed by atoms with Crippen molar-refractivity contribution in [1.29, 1.82) is 0 Å². The molecule has 1 aromatic heterocycles. The summed E-state index contributed by atoms with van der Waals surface area (Å²) in [6.07, 6.45) is 0.875. The van der Waals surface area contributed by atoms with E-state index in [4.69, 9.17) is 4.74 Å². The first-order chi connectivity index (χ1) is 10.1. The number of aryl methyl sites for hydroxylation is 3. The van der Waals surface area contributed by atoms with Gasteiger partial charge in [-0.05, 0) is 37.5 Å². The summed E-state index contributed by atoms with van der Waals surface area (Å²) in [5.74, 6) is 0.632. The monoisotopic (exact) mass is 287 g/mol. The highest BCUT2D eigenvalue weighted by atomic mass is 16.5. The molecule has 0 saturated heterocycles. The van der Waals surface area contributed by atoms with E-state index in [1.54, 1.807) is 0 Å². The van der Waals surface area contributed by atoms with Gasteiger partial charge in [-0.25, -0.2) is 0 Å². The normalized spacial score (nSPS) is 10.4. The predicted molar refractivity (Wildman–Crippen MR) is 81.2 cm³/mol. The molecule has 112 valence electrons. The van der Waals surface area contributed by atoms with Crippen molar-refractivity contribution >= 4 is 5.91 Å². The lowest BCUT2D eigenvalue weighted by molar-refractivity contribution is -0.123. The maximum absolute atomic E-state index is 11.8. The molecule has 2 rings (SSSR count). The Morgan fingerprint density at radius 2 is 2.05 bits per heavy atom. The van der Waals surface area contributed by atoms with E-state index in [9.17, 15) is 4.79 Å². The lowest BCUT2D eigenvalue weighted by Crippen LogP contribution is -2.28. The molecule has 5 nitrogen and oxygen atoms in total.